The van der Waals surface area contributed by atoms with Crippen molar-refractivity contribution in [1.29, 1.82) is 0 Å². The molecule has 0 amide bonds. The monoisotopic (exact) mass is 684 g/mol. The molecule has 4 heteroatoms. The number of rotatable bonds is 6. The van der Waals surface area contributed by atoms with E-state index >= 15 is 0 Å². The van der Waals surface area contributed by atoms with E-state index in [1.807, 2.05) is 60.7 Å². The average molecular weight is 686 g/mol. The van der Waals surface area contributed by atoms with Gasteiger partial charge < -0.3 is 0 Å². The van der Waals surface area contributed by atoms with Crippen LogP contribution in [0.5, 0.6) is 0 Å². The van der Waals surface area contributed by atoms with Crippen LogP contribution in [0.4, 0.5) is 0 Å². The first-order chi connectivity index (χ1) is 24.4. The van der Waals surface area contributed by atoms with Crippen molar-refractivity contribution < 1.29 is 9.59 Å². The standard InChI is InChI=1S/2C23H15ClO/c2*24-19-11-9-16(10-12-19)23(25)14-13-22-20-7-3-1-5-17(20)15-18-6-2-4-8-21(18)22/h2*1-15H/b2*14-13-. The molecule has 0 unspecified atom stereocenters. The molecule has 50 heavy (non-hydrogen) atoms. The Balaban J connectivity index is 0.000000157. The quantitative estimate of drug-likeness (QED) is 0.0992. The van der Waals surface area contributed by atoms with Gasteiger partial charge in [-0.1, -0.05) is 120 Å². The van der Waals surface area contributed by atoms with Gasteiger partial charge in [0.2, 0.25) is 0 Å². The number of ketones is 2. The molecular formula is C46H30Cl2O2. The van der Waals surface area contributed by atoms with E-state index in [0.29, 0.717) is 21.2 Å². The molecule has 8 aromatic rings. The van der Waals surface area contributed by atoms with Crippen LogP contribution < -0.4 is 0 Å². The highest BCUT2D eigenvalue weighted by Gasteiger charge is 2.08. The maximum absolute atomic E-state index is 12.5. The van der Waals surface area contributed by atoms with Crippen molar-refractivity contribution in [1.82, 2.24) is 0 Å². The van der Waals surface area contributed by atoms with E-state index in [2.05, 4.69) is 60.7 Å². The highest BCUT2D eigenvalue weighted by Crippen LogP contribution is 2.31. The molecule has 0 heterocycles. The Kier molecular flexibility index (Phi) is 9.66. The summed E-state index contributed by atoms with van der Waals surface area (Å²) in [5, 5.41) is 10.5. The summed E-state index contributed by atoms with van der Waals surface area (Å²) < 4.78 is 0. The average Bonchev–Trinajstić information content (AvgIpc) is 3.15. The van der Waals surface area contributed by atoms with Crippen molar-refractivity contribution in [2.75, 3.05) is 0 Å². The summed E-state index contributed by atoms with van der Waals surface area (Å²) in [7, 11) is 0. The van der Waals surface area contributed by atoms with Gasteiger partial charge in [0.05, 0.1) is 0 Å². The molecule has 0 N–H and O–H groups in total. The van der Waals surface area contributed by atoms with Gasteiger partial charge in [0.25, 0.3) is 0 Å². The zero-order valence-electron chi connectivity index (χ0n) is 26.9. The minimum atomic E-state index is -0.0336. The summed E-state index contributed by atoms with van der Waals surface area (Å²) in [5.74, 6) is -0.0673. The Hall–Kier alpha value is -5.80. The van der Waals surface area contributed by atoms with E-state index in [4.69, 9.17) is 23.2 Å². The summed E-state index contributed by atoms with van der Waals surface area (Å²) in [6.45, 7) is 0. The van der Waals surface area contributed by atoms with Crippen LogP contribution in [0.1, 0.15) is 31.8 Å². The first kappa shape index (κ1) is 32.7. The Bertz CT molecular complexity index is 2290. The third-order valence-corrected chi connectivity index (χ3v) is 9.19. The van der Waals surface area contributed by atoms with E-state index < -0.39 is 0 Å². The molecule has 0 aliphatic rings. The lowest BCUT2D eigenvalue weighted by atomic mass is 9.96. The molecule has 0 saturated heterocycles. The highest BCUT2D eigenvalue weighted by molar-refractivity contribution is 6.31. The van der Waals surface area contributed by atoms with Gasteiger partial charge in [0.1, 0.15) is 0 Å². The predicted molar refractivity (Wildman–Crippen MR) is 213 cm³/mol. The van der Waals surface area contributed by atoms with Crippen LogP contribution in [0.3, 0.4) is 0 Å². The number of benzene rings is 8. The Labute approximate surface area is 300 Å². The van der Waals surface area contributed by atoms with Crippen molar-refractivity contribution in [2.24, 2.45) is 0 Å². The van der Waals surface area contributed by atoms with Gasteiger partial charge in [0, 0.05) is 21.2 Å². The second kappa shape index (κ2) is 14.8. The number of carbonyl (C=O) groups excluding carboxylic acids is 2. The van der Waals surface area contributed by atoms with Gasteiger partial charge in [-0.3, -0.25) is 9.59 Å². The SMILES string of the molecule is O=C(/C=C\c1c2ccccc2cc2ccccc12)c1ccc(Cl)cc1.O=C(/C=C\c1c2ccccc2cc2ccccc12)c1ccc(Cl)cc1. The predicted octanol–water partition coefficient (Wildman–Crippen LogP) is 13.1. The van der Waals surface area contributed by atoms with Crippen LogP contribution in [0.25, 0.3) is 55.2 Å². The van der Waals surface area contributed by atoms with E-state index in [1.165, 1.54) is 21.5 Å². The normalized spacial score (nSPS) is 11.4. The fourth-order valence-corrected chi connectivity index (χ4v) is 6.45. The summed E-state index contributed by atoms with van der Waals surface area (Å²) in [5.41, 5.74) is 3.39. The minimum Gasteiger partial charge on any atom is -0.289 e. The second-order valence-electron chi connectivity index (χ2n) is 11.9. The van der Waals surface area contributed by atoms with Crippen LogP contribution in [-0.2, 0) is 0 Å². The zero-order chi connectivity index (χ0) is 34.5. The molecule has 0 spiro atoms. The number of halogens is 2. The van der Waals surface area contributed by atoms with Crippen molar-refractivity contribution in [2.45, 2.75) is 0 Å². The van der Waals surface area contributed by atoms with E-state index in [1.54, 1.807) is 60.7 Å². The maximum atomic E-state index is 12.5. The third kappa shape index (κ3) is 7.13. The van der Waals surface area contributed by atoms with Crippen LogP contribution in [0, 0.1) is 0 Å². The molecular weight excluding hydrogens is 655 g/mol. The molecule has 240 valence electrons. The van der Waals surface area contributed by atoms with Gasteiger partial charge in [-0.2, -0.15) is 0 Å². The minimum absolute atomic E-state index is 0.0336. The summed E-state index contributed by atoms with van der Waals surface area (Å²) in [4.78, 5) is 24.9. The smallest absolute Gasteiger partial charge is 0.185 e. The van der Waals surface area contributed by atoms with Crippen molar-refractivity contribution in [3.05, 3.63) is 202 Å². The van der Waals surface area contributed by atoms with E-state index in [0.717, 1.165) is 32.7 Å². The Morgan fingerprint density at radius 1 is 0.380 bits per heavy atom. The second-order valence-corrected chi connectivity index (χ2v) is 12.7. The topological polar surface area (TPSA) is 34.1 Å². The van der Waals surface area contributed by atoms with Crippen LogP contribution >= 0.6 is 23.2 Å². The van der Waals surface area contributed by atoms with Gasteiger partial charge in [-0.25, -0.2) is 0 Å². The van der Waals surface area contributed by atoms with Crippen molar-refractivity contribution in [3.63, 3.8) is 0 Å². The molecule has 2 nitrogen and oxygen atoms in total. The van der Waals surface area contributed by atoms with Gasteiger partial charge in [-0.15, -0.1) is 0 Å². The van der Waals surface area contributed by atoms with Crippen molar-refractivity contribution >= 4 is 90.0 Å². The Morgan fingerprint density at radius 2 is 0.660 bits per heavy atom. The van der Waals surface area contributed by atoms with Gasteiger partial charge >= 0.3 is 0 Å². The lowest BCUT2D eigenvalue weighted by Crippen LogP contribution is -1.93. The number of fused-ring (bicyclic) bond motifs is 4. The van der Waals surface area contributed by atoms with Crippen LogP contribution in [0.2, 0.25) is 10.0 Å². The largest absolute Gasteiger partial charge is 0.289 e. The lowest BCUT2D eigenvalue weighted by molar-refractivity contribution is 0.103. The van der Waals surface area contributed by atoms with Crippen LogP contribution in [0.15, 0.2) is 170 Å². The molecule has 0 saturated carbocycles. The molecule has 0 bridgehead atoms. The fourth-order valence-electron chi connectivity index (χ4n) is 6.20. The first-order valence-corrected chi connectivity index (χ1v) is 17.0. The van der Waals surface area contributed by atoms with E-state index in [9.17, 15) is 9.59 Å². The summed E-state index contributed by atoms with van der Waals surface area (Å²) >= 11 is 11.8. The number of hydrogen-bond acceptors (Lipinski definition) is 2. The zero-order valence-corrected chi connectivity index (χ0v) is 28.4. The highest BCUT2D eigenvalue weighted by atomic mass is 35.5. The third-order valence-electron chi connectivity index (χ3n) is 8.69. The molecule has 0 radical (unpaired) electrons. The molecule has 0 aromatic heterocycles. The first-order valence-electron chi connectivity index (χ1n) is 16.2. The molecule has 0 atom stereocenters. The molecule has 8 aromatic carbocycles. The number of allylic oxidation sites excluding steroid dienone is 2. The summed E-state index contributed by atoms with van der Waals surface area (Å²) in [6, 6.07) is 51.3. The molecule has 0 aliphatic carbocycles. The number of hydrogen-bond donors (Lipinski definition) is 0. The Morgan fingerprint density at radius 3 is 0.960 bits per heavy atom. The molecule has 0 fully saturated rings. The van der Waals surface area contributed by atoms with Crippen LogP contribution in [-0.4, -0.2) is 11.6 Å². The van der Waals surface area contributed by atoms with Gasteiger partial charge in [0.15, 0.2) is 11.6 Å². The molecule has 8 rings (SSSR count). The van der Waals surface area contributed by atoms with E-state index in [-0.39, 0.29) is 11.6 Å². The summed E-state index contributed by atoms with van der Waals surface area (Å²) in [6.07, 6.45) is 7.11. The molecule has 0 aliphatic heterocycles. The van der Waals surface area contributed by atoms with Crippen molar-refractivity contribution in [3.8, 4) is 0 Å². The van der Waals surface area contributed by atoms with Gasteiger partial charge in [-0.05, 0) is 139 Å². The maximum Gasteiger partial charge on any atom is 0.185 e. The lowest BCUT2D eigenvalue weighted by Gasteiger charge is -2.08. The fraction of sp³-hybridized carbons (Fsp3) is 0. The number of carbonyl (C=O) groups is 2.